The predicted molar refractivity (Wildman–Crippen MR) is 218 cm³/mol. The highest BCUT2D eigenvalue weighted by atomic mass is 32.2. The molecule has 0 atom stereocenters. The van der Waals surface area contributed by atoms with E-state index in [4.69, 9.17) is 9.97 Å². The highest BCUT2D eigenvalue weighted by Crippen LogP contribution is 2.52. The first-order valence-electron chi connectivity index (χ1n) is 17.5. The molecular formula is C48H31N3S. The molecule has 244 valence electrons. The first-order valence-corrected chi connectivity index (χ1v) is 18.3. The highest BCUT2D eigenvalue weighted by molar-refractivity contribution is 7.99. The van der Waals surface area contributed by atoms with Gasteiger partial charge in [-0.2, -0.15) is 0 Å². The molecule has 8 aromatic carbocycles. The smallest absolute Gasteiger partial charge is 0.160 e. The Hall–Kier alpha value is -6.49. The van der Waals surface area contributed by atoms with Crippen LogP contribution in [-0.4, -0.2) is 9.97 Å². The molecule has 1 aromatic heterocycles. The Morgan fingerprint density at radius 2 is 1.00 bits per heavy atom. The maximum Gasteiger partial charge on any atom is 0.160 e. The Balaban J connectivity index is 1.03. The first-order chi connectivity index (χ1) is 25.7. The van der Waals surface area contributed by atoms with Crippen molar-refractivity contribution >= 4 is 50.5 Å². The first kappa shape index (κ1) is 30.3. The molecule has 3 nitrogen and oxygen atoms in total. The normalized spacial score (nSPS) is 12.1. The van der Waals surface area contributed by atoms with E-state index in [-0.39, 0.29) is 0 Å². The van der Waals surface area contributed by atoms with Crippen LogP contribution < -0.4 is 4.90 Å². The van der Waals surface area contributed by atoms with Crippen molar-refractivity contribution in [1.82, 2.24) is 9.97 Å². The zero-order valence-corrected chi connectivity index (χ0v) is 29.0. The summed E-state index contributed by atoms with van der Waals surface area (Å²) in [5, 5.41) is 3.53. The van der Waals surface area contributed by atoms with Crippen LogP contribution in [0, 0.1) is 0 Å². The zero-order chi connectivity index (χ0) is 34.4. The van der Waals surface area contributed by atoms with Gasteiger partial charge >= 0.3 is 0 Å². The Labute approximate surface area is 306 Å². The summed E-state index contributed by atoms with van der Waals surface area (Å²) < 4.78 is 0. The molecule has 0 aliphatic carbocycles. The van der Waals surface area contributed by atoms with Crippen molar-refractivity contribution in [3.63, 3.8) is 0 Å². The number of benzene rings is 8. The molecule has 1 aliphatic heterocycles. The van der Waals surface area contributed by atoms with Crippen molar-refractivity contribution in [2.45, 2.75) is 9.79 Å². The largest absolute Gasteiger partial charge is 0.308 e. The number of para-hydroxylation sites is 2. The summed E-state index contributed by atoms with van der Waals surface area (Å²) in [6.45, 7) is 0. The molecule has 0 amide bonds. The van der Waals surface area contributed by atoms with Crippen LogP contribution in [0.4, 0.5) is 17.1 Å². The minimum absolute atomic E-state index is 0.716. The summed E-state index contributed by atoms with van der Waals surface area (Å²) in [5.41, 5.74) is 12.2. The molecule has 4 heteroatoms. The lowest BCUT2D eigenvalue weighted by Gasteiger charge is -2.33. The molecule has 0 bridgehead atoms. The van der Waals surface area contributed by atoms with Gasteiger partial charge in [0.15, 0.2) is 5.82 Å². The average molecular weight is 682 g/mol. The van der Waals surface area contributed by atoms with Gasteiger partial charge < -0.3 is 4.90 Å². The summed E-state index contributed by atoms with van der Waals surface area (Å²) >= 11 is 1.80. The molecular weight excluding hydrogens is 651 g/mol. The monoisotopic (exact) mass is 681 g/mol. The summed E-state index contributed by atoms with van der Waals surface area (Å²) in [4.78, 5) is 15.1. The van der Waals surface area contributed by atoms with Crippen molar-refractivity contribution in [3.8, 4) is 44.9 Å². The standard InChI is InChI=1S/C48H31N3S/c1-2-10-32(11-3-1)34-24-27-40(28-25-34)51-43-16-8-9-17-45(43)52-46-31-39(26-29-44(46)51)48-49-42-15-7-6-14-41(42)47(50-48)36-21-18-35(19-22-36)38-23-20-33-12-4-5-13-37(33)30-38/h1-31H. The SMILES string of the molecule is c1ccc(-c2ccc(N3c4ccccc4Sc4cc(-c5nc(-c6ccc(-c7ccc8ccccc8c7)cc6)c6ccccc6n5)ccc43)cc2)cc1. The summed E-state index contributed by atoms with van der Waals surface area (Å²) in [7, 11) is 0. The number of fused-ring (bicyclic) bond motifs is 4. The van der Waals surface area contributed by atoms with Crippen LogP contribution in [0.3, 0.4) is 0 Å². The number of nitrogens with zero attached hydrogens (tertiary/aromatic N) is 3. The van der Waals surface area contributed by atoms with Gasteiger partial charge in [-0.25, -0.2) is 9.97 Å². The molecule has 0 fully saturated rings. The minimum atomic E-state index is 0.716. The van der Waals surface area contributed by atoms with Crippen molar-refractivity contribution in [1.29, 1.82) is 0 Å². The second-order valence-corrected chi connectivity index (χ2v) is 14.1. The molecule has 0 saturated heterocycles. The van der Waals surface area contributed by atoms with Crippen molar-refractivity contribution < 1.29 is 0 Å². The zero-order valence-electron chi connectivity index (χ0n) is 28.1. The van der Waals surface area contributed by atoms with Crippen LogP contribution >= 0.6 is 11.8 Å². The molecule has 0 spiro atoms. The summed E-state index contributed by atoms with van der Waals surface area (Å²) in [6.07, 6.45) is 0. The van der Waals surface area contributed by atoms with Gasteiger partial charge in [0, 0.05) is 32.0 Å². The topological polar surface area (TPSA) is 29.0 Å². The van der Waals surface area contributed by atoms with Crippen LogP contribution in [0.25, 0.3) is 66.6 Å². The second-order valence-electron chi connectivity index (χ2n) is 13.1. The minimum Gasteiger partial charge on any atom is -0.308 e. The fourth-order valence-electron chi connectivity index (χ4n) is 7.22. The van der Waals surface area contributed by atoms with E-state index < -0.39 is 0 Å². The van der Waals surface area contributed by atoms with Crippen molar-refractivity contribution in [3.05, 3.63) is 188 Å². The van der Waals surface area contributed by atoms with E-state index >= 15 is 0 Å². The van der Waals surface area contributed by atoms with Gasteiger partial charge in [0.25, 0.3) is 0 Å². The molecule has 0 N–H and O–H groups in total. The molecule has 2 heterocycles. The number of rotatable bonds is 5. The van der Waals surface area contributed by atoms with Gasteiger partial charge in [-0.05, 0) is 87.6 Å². The third kappa shape index (κ3) is 5.41. The maximum atomic E-state index is 5.26. The molecule has 0 unspecified atom stereocenters. The summed E-state index contributed by atoms with van der Waals surface area (Å²) in [5.74, 6) is 0.716. The van der Waals surface area contributed by atoms with Gasteiger partial charge in [0.1, 0.15) is 0 Å². The van der Waals surface area contributed by atoms with E-state index in [1.807, 2.05) is 6.07 Å². The Morgan fingerprint density at radius 1 is 0.385 bits per heavy atom. The molecule has 10 rings (SSSR count). The van der Waals surface area contributed by atoms with Crippen molar-refractivity contribution in [2.24, 2.45) is 0 Å². The fraction of sp³-hybridized carbons (Fsp3) is 0. The molecule has 1 aliphatic rings. The molecule has 9 aromatic rings. The van der Waals surface area contributed by atoms with E-state index in [0.717, 1.165) is 39.1 Å². The third-order valence-corrected chi connectivity index (χ3v) is 11.0. The van der Waals surface area contributed by atoms with Gasteiger partial charge in [-0.1, -0.05) is 145 Å². The second kappa shape index (κ2) is 12.7. The average Bonchev–Trinajstić information content (AvgIpc) is 3.22. The van der Waals surface area contributed by atoms with Crippen LogP contribution in [0.1, 0.15) is 0 Å². The van der Waals surface area contributed by atoms with E-state index in [9.17, 15) is 0 Å². The lowest BCUT2D eigenvalue weighted by Crippen LogP contribution is -2.14. The quantitative estimate of drug-likeness (QED) is 0.181. The van der Waals surface area contributed by atoms with Gasteiger partial charge in [-0.15, -0.1) is 0 Å². The third-order valence-electron chi connectivity index (χ3n) is 9.86. The Bertz CT molecular complexity index is 2760. The van der Waals surface area contributed by atoms with Gasteiger partial charge in [0.2, 0.25) is 0 Å². The molecule has 52 heavy (non-hydrogen) atoms. The maximum absolute atomic E-state index is 5.26. The Morgan fingerprint density at radius 3 is 1.87 bits per heavy atom. The fourth-order valence-corrected chi connectivity index (χ4v) is 8.32. The van der Waals surface area contributed by atoms with Crippen molar-refractivity contribution in [2.75, 3.05) is 4.90 Å². The summed E-state index contributed by atoms with van der Waals surface area (Å²) in [6, 6.07) is 66.9. The molecule has 0 saturated carbocycles. The van der Waals surface area contributed by atoms with Crippen LogP contribution in [0.5, 0.6) is 0 Å². The van der Waals surface area contributed by atoms with Crippen LogP contribution in [-0.2, 0) is 0 Å². The Kier molecular flexibility index (Phi) is 7.40. The number of hydrogen-bond donors (Lipinski definition) is 0. The molecule has 0 radical (unpaired) electrons. The predicted octanol–water partition coefficient (Wildman–Crippen LogP) is 13.4. The highest BCUT2D eigenvalue weighted by Gasteiger charge is 2.25. The number of aromatic nitrogens is 2. The van der Waals surface area contributed by atoms with Crippen LogP contribution in [0.15, 0.2) is 198 Å². The van der Waals surface area contributed by atoms with Gasteiger partial charge in [-0.3, -0.25) is 0 Å². The van der Waals surface area contributed by atoms with Crippen LogP contribution in [0.2, 0.25) is 0 Å². The van der Waals surface area contributed by atoms with E-state index in [1.54, 1.807) is 11.8 Å². The number of hydrogen-bond acceptors (Lipinski definition) is 4. The number of anilines is 3. The van der Waals surface area contributed by atoms with E-state index in [1.165, 1.54) is 48.5 Å². The van der Waals surface area contributed by atoms with Gasteiger partial charge in [0.05, 0.1) is 22.6 Å². The lowest BCUT2D eigenvalue weighted by molar-refractivity contribution is 1.16. The van der Waals surface area contributed by atoms with E-state index in [2.05, 4.69) is 187 Å². The van der Waals surface area contributed by atoms with E-state index in [0.29, 0.717) is 5.82 Å². The lowest BCUT2D eigenvalue weighted by atomic mass is 9.98.